The molecule has 2 aromatic heterocycles. The number of H-pyrrole nitrogens is 1. The molecule has 3 saturated heterocycles. The van der Waals surface area contributed by atoms with E-state index >= 15 is 4.39 Å². The van der Waals surface area contributed by atoms with Crippen LogP contribution in [0.15, 0.2) is 73.1 Å². The average molecular weight is 1100 g/mol. The molecular weight excluding hydrogens is 1030 g/mol. The minimum absolute atomic E-state index is 0.00295. The van der Waals surface area contributed by atoms with E-state index in [2.05, 4.69) is 37.2 Å². The number of aromatic amines is 1. The normalized spacial score (nSPS) is 17.2. The second kappa shape index (κ2) is 27.0. The Hall–Kier alpha value is -7.66. The summed E-state index contributed by atoms with van der Waals surface area (Å²) in [7, 11) is 0. The van der Waals surface area contributed by atoms with E-state index < -0.39 is 46.9 Å². The van der Waals surface area contributed by atoms with Crippen LogP contribution in [0.25, 0.3) is 22.5 Å². The van der Waals surface area contributed by atoms with Crippen molar-refractivity contribution in [3.05, 3.63) is 107 Å². The van der Waals surface area contributed by atoms with E-state index in [-0.39, 0.29) is 35.6 Å². The summed E-state index contributed by atoms with van der Waals surface area (Å²) in [5.74, 6) is -1.81. The molecule has 6 amide bonds. The highest BCUT2D eigenvalue weighted by molar-refractivity contribution is 6.23. The van der Waals surface area contributed by atoms with Gasteiger partial charge in [-0.2, -0.15) is 5.10 Å². The Morgan fingerprint density at radius 1 is 0.787 bits per heavy atom. The number of halogens is 1. The molecular formula is C58H70FN11O10. The van der Waals surface area contributed by atoms with Crippen molar-refractivity contribution in [1.29, 1.82) is 0 Å². The van der Waals surface area contributed by atoms with Gasteiger partial charge < -0.3 is 45.1 Å². The number of nitrogens with one attached hydrogen (secondary N) is 4. The Bertz CT molecular complexity index is 3020. The van der Waals surface area contributed by atoms with Gasteiger partial charge >= 0.3 is 0 Å². The topological polar surface area (TPSA) is 266 Å². The van der Waals surface area contributed by atoms with Gasteiger partial charge in [-0.05, 0) is 118 Å². The van der Waals surface area contributed by atoms with Crippen LogP contribution >= 0.6 is 0 Å². The lowest BCUT2D eigenvalue weighted by Crippen LogP contribution is -2.54. The molecule has 1 unspecified atom stereocenters. The number of aromatic nitrogens is 4. The number of rotatable bonds is 27. The predicted octanol–water partition coefficient (Wildman–Crippen LogP) is 5.54. The molecule has 5 aromatic rings. The molecule has 22 heteroatoms. The van der Waals surface area contributed by atoms with Crippen molar-refractivity contribution in [2.75, 3.05) is 95.7 Å². The summed E-state index contributed by atoms with van der Waals surface area (Å²) >= 11 is 0. The van der Waals surface area contributed by atoms with Gasteiger partial charge in [0.05, 0.1) is 55.4 Å². The lowest BCUT2D eigenvalue weighted by Gasteiger charge is -2.39. The molecule has 4 aliphatic rings. The predicted molar refractivity (Wildman–Crippen MR) is 294 cm³/mol. The molecule has 6 N–H and O–H groups in total. The van der Waals surface area contributed by atoms with Crippen LogP contribution in [0.3, 0.4) is 0 Å². The number of hydrogen-bond acceptors (Lipinski definition) is 16. The van der Waals surface area contributed by atoms with E-state index in [1.807, 2.05) is 49.4 Å². The zero-order valence-electron chi connectivity index (χ0n) is 45.2. The van der Waals surface area contributed by atoms with Gasteiger partial charge in [-0.25, -0.2) is 9.37 Å². The van der Waals surface area contributed by atoms with Crippen LogP contribution in [-0.4, -0.2) is 157 Å². The van der Waals surface area contributed by atoms with Crippen molar-refractivity contribution in [3.8, 4) is 28.3 Å². The standard InChI is InChI=1S/C58H70FN11O10/c1-2-41-43(52(60)73)13-12-42(51(41)65-58(18-22-62-23-19-58)57-64-53(66-67-57)38-16-20-61-21-17-38)39-9-7-10-40(35-39)80-30-6-4-3-5-28-77-31-33-79-34-32-78-29-8-11-50(72)69-26-24-68(25-27-69)48-37-45-44(36-46(48)59)55(75)70(56(45)76)47-14-15-49(71)63-54(47)74/h7,9-10,12-13,16-17,20-21,35-37,47,62,65H,2-6,8,11,14-15,18-19,22-34H2,1H3,(H2,60,73)(H,63,71,74)(H,64,66,67). The molecule has 0 radical (unpaired) electrons. The molecule has 0 aliphatic carbocycles. The average Bonchev–Trinajstić information content (AvgIpc) is 4.14. The third-order valence-corrected chi connectivity index (χ3v) is 15.1. The highest BCUT2D eigenvalue weighted by atomic mass is 19.1. The number of amides is 6. The Kier molecular flexibility index (Phi) is 19.3. The summed E-state index contributed by atoms with van der Waals surface area (Å²) in [6, 6.07) is 16.8. The number of ether oxygens (including phenoxy) is 4. The zero-order valence-corrected chi connectivity index (χ0v) is 45.2. The number of primary amides is 1. The van der Waals surface area contributed by atoms with Gasteiger partial charge in [-0.15, -0.1) is 0 Å². The number of unbranched alkanes of at least 4 members (excludes halogenated alkanes) is 3. The maximum Gasteiger partial charge on any atom is 0.262 e. The number of imide groups is 2. The first-order valence-corrected chi connectivity index (χ1v) is 27.8. The van der Waals surface area contributed by atoms with Crippen molar-refractivity contribution < 1.29 is 52.1 Å². The van der Waals surface area contributed by atoms with Crippen molar-refractivity contribution in [2.45, 2.75) is 89.1 Å². The number of piperidine rings is 2. The van der Waals surface area contributed by atoms with Gasteiger partial charge in [0.1, 0.15) is 17.6 Å². The fourth-order valence-corrected chi connectivity index (χ4v) is 10.8. The minimum Gasteiger partial charge on any atom is -0.494 e. The molecule has 21 nitrogen and oxygen atoms in total. The molecule has 9 rings (SSSR count). The summed E-state index contributed by atoms with van der Waals surface area (Å²) in [4.78, 5) is 89.5. The molecule has 3 fully saturated rings. The van der Waals surface area contributed by atoms with E-state index in [1.54, 1.807) is 22.2 Å². The van der Waals surface area contributed by atoms with Crippen LogP contribution in [0.4, 0.5) is 15.8 Å². The molecule has 0 spiro atoms. The van der Waals surface area contributed by atoms with Gasteiger partial charge in [-0.1, -0.05) is 31.5 Å². The first-order chi connectivity index (χ1) is 38.9. The van der Waals surface area contributed by atoms with Crippen LogP contribution in [0, 0.1) is 5.82 Å². The van der Waals surface area contributed by atoms with Crippen LogP contribution in [0.2, 0.25) is 0 Å². The first kappa shape index (κ1) is 57.0. The maximum absolute atomic E-state index is 15.4. The zero-order chi connectivity index (χ0) is 56.0. The molecule has 1 atom stereocenters. The van der Waals surface area contributed by atoms with Crippen molar-refractivity contribution in [3.63, 3.8) is 0 Å². The second-order valence-electron chi connectivity index (χ2n) is 20.3. The maximum atomic E-state index is 15.4. The van der Waals surface area contributed by atoms with Crippen molar-refractivity contribution in [1.82, 2.24) is 40.6 Å². The van der Waals surface area contributed by atoms with E-state index in [1.165, 1.54) is 6.07 Å². The number of carbonyl (C=O) groups is 6. The SMILES string of the molecule is CCc1c(C(N)=O)ccc(-c2cccc(OCCCCCCOCCOCCOCCCC(=O)N3CCN(c4cc5c(cc4F)C(=O)N(C4CCC(=O)NC4=O)C5=O)CC3)c2)c1NC1(c2nc(-c3ccncc3)n[nH]2)CCNCC1. The number of nitrogens with two attached hydrogens (primary N) is 1. The van der Waals surface area contributed by atoms with Gasteiger partial charge in [0.15, 0.2) is 11.6 Å². The van der Waals surface area contributed by atoms with Crippen LogP contribution in [0.1, 0.15) is 114 Å². The summed E-state index contributed by atoms with van der Waals surface area (Å²) < 4.78 is 38.7. The van der Waals surface area contributed by atoms with Crippen LogP contribution in [0.5, 0.6) is 5.75 Å². The number of nitrogens with zero attached hydrogens (tertiary/aromatic N) is 6. The molecule has 0 bridgehead atoms. The third kappa shape index (κ3) is 13.5. The summed E-state index contributed by atoms with van der Waals surface area (Å²) in [5.41, 5.74) is 10.3. The lowest BCUT2D eigenvalue weighted by molar-refractivity contribution is -0.136. The number of benzene rings is 3. The molecule has 6 heterocycles. The van der Waals surface area contributed by atoms with Crippen molar-refractivity contribution >= 4 is 46.8 Å². The van der Waals surface area contributed by atoms with E-state index in [4.69, 9.17) is 29.7 Å². The highest BCUT2D eigenvalue weighted by Gasteiger charge is 2.46. The number of carbonyl (C=O) groups excluding carboxylic acids is 6. The van der Waals surface area contributed by atoms with Gasteiger partial charge in [0, 0.05) is 87.0 Å². The Morgan fingerprint density at radius 2 is 1.48 bits per heavy atom. The third-order valence-electron chi connectivity index (χ3n) is 15.1. The largest absolute Gasteiger partial charge is 0.494 e. The Labute approximate surface area is 463 Å². The highest BCUT2D eigenvalue weighted by Crippen LogP contribution is 2.42. The first-order valence-electron chi connectivity index (χ1n) is 27.8. The molecule has 3 aromatic carbocycles. The summed E-state index contributed by atoms with van der Waals surface area (Å²) in [6.45, 7) is 8.27. The molecule has 4 aliphatic heterocycles. The molecule has 0 saturated carbocycles. The number of hydrogen-bond donors (Lipinski definition) is 5. The van der Waals surface area contributed by atoms with Crippen LogP contribution in [-0.2, 0) is 40.6 Å². The number of fused-ring (bicyclic) bond motifs is 1. The number of piperazine rings is 1. The minimum atomic E-state index is -1.14. The monoisotopic (exact) mass is 1100 g/mol. The fourth-order valence-electron chi connectivity index (χ4n) is 10.8. The van der Waals surface area contributed by atoms with Gasteiger partial charge in [0.2, 0.25) is 23.6 Å². The Morgan fingerprint density at radius 3 is 2.17 bits per heavy atom. The summed E-state index contributed by atoms with van der Waals surface area (Å²) in [5, 5.41) is 17.4. The number of anilines is 2. The fraction of sp³-hybridized carbons (Fsp3) is 0.466. The van der Waals surface area contributed by atoms with E-state index in [9.17, 15) is 28.8 Å². The lowest BCUT2D eigenvalue weighted by atomic mass is 9.85. The molecule has 424 valence electrons. The second-order valence-corrected chi connectivity index (χ2v) is 20.3. The van der Waals surface area contributed by atoms with Crippen molar-refractivity contribution in [2.24, 2.45) is 5.73 Å². The molecule has 80 heavy (non-hydrogen) atoms. The Balaban J connectivity index is 0.626. The summed E-state index contributed by atoms with van der Waals surface area (Å²) in [6.07, 6.45) is 10.1. The van der Waals surface area contributed by atoms with E-state index in [0.29, 0.717) is 103 Å². The van der Waals surface area contributed by atoms with E-state index in [0.717, 1.165) is 102 Å². The number of pyridine rings is 1. The van der Waals surface area contributed by atoms with Gasteiger partial charge in [-0.3, -0.25) is 49.1 Å². The van der Waals surface area contributed by atoms with Gasteiger partial charge in [0.25, 0.3) is 11.8 Å². The quantitative estimate of drug-likeness (QED) is 0.0319. The smallest absolute Gasteiger partial charge is 0.262 e. The van der Waals surface area contributed by atoms with Crippen LogP contribution < -0.4 is 31.3 Å².